The third-order valence-electron chi connectivity index (χ3n) is 3.68. The molecule has 11 heavy (non-hydrogen) atoms. The predicted octanol–water partition coefficient (Wildman–Crippen LogP) is 2.18. The molecular weight excluding hydrogens is 136 g/mol. The van der Waals surface area contributed by atoms with Gasteiger partial charge in [0.1, 0.15) is 5.78 Å². The van der Waals surface area contributed by atoms with Gasteiger partial charge >= 0.3 is 0 Å². The van der Waals surface area contributed by atoms with E-state index in [4.69, 9.17) is 0 Å². The van der Waals surface area contributed by atoms with Crippen LogP contribution in [0.25, 0.3) is 0 Å². The van der Waals surface area contributed by atoms with E-state index in [1.807, 2.05) is 6.08 Å². The van der Waals surface area contributed by atoms with E-state index in [0.29, 0.717) is 17.6 Å². The van der Waals surface area contributed by atoms with Gasteiger partial charge in [0.25, 0.3) is 0 Å². The Morgan fingerprint density at radius 2 is 2.45 bits per heavy atom. The highest BCUT2D eigenvalue weighted by molar-refractivity contribution is 5.96. The number of carbonyl (C=O) groups excluding carboxylic acids is 1. The molecule has 0 radical (unpaired) electrons. The van der Waals surface area contributed by atoms with E-state index < -0.39 is 0 Å². The van der Waals surface area contributed by atoms with Crippen molar-refractivity contribution in [1.82, 2.24) is 0 Å². The van der Waals surface area contributed by atoms with Crippen molar-refractivity contribution in [2.24, 2.45) is 17.3 Å². The minimum atomic E-state index is -0.0943. The highest BCUT2D eigenvalue weighted by Gasteiger charge is 2.59. The molecule has 3 rings (SSSR count). The zero-order chi connectivity index (χ0) is 8.06. The van der Waals surface area contributed by atoms with E-state index in [9.17, 15) is 4.79 Å². The lowest BCUT2D eigenvalue weighted by atomic mass is 9.47. The lowest BCUT2D eigenvalue weighted by Crippen LogP contribution is -2.58. The van der Waals surface area contributed by atoms with Gasteiger partial charge in [-0.25, -0.2) is 0 Å². The average molecular weight is 150 g/mol. The number of carbonyl (C=O) groups is 1. The Balaban J connectivity index is 2.32. The van der Waals surface area contributed by atoms with E-state index in [1.54, 1.807) is 0 Å². The van der Waals surface area contributed by atoms with Crippen LogP contribution in [0.5, 0.6) is 0 Å². The average Bonchev–Trinajstić information content (AvgIpc) is 2.07. The Hall–Kier alpha value is -0.590. The molecule has 1 nitrogen and oxygen atoms in total. The Kier molecular flexibility index (Phi) is 1.26. The summed E-state index contributed by atoms with van der Waals surface area (Å²) in [4.78, 5) is 11.5. The van der Waals surface area contributed by atoms with Crippen molar-refractivity contribution < 1.29 is 4.79 Å². The summed E-state index contributed by atoms with van der Waals surface area (Å²) >= 11 is 0. The van der Waals surface area contributed by atoms with Gasteiger partial charge in [-0.2, -0.15) is 0 Å². The number of ketones is 1. The van der Waals surface area contributed by atoms with Crippen LogP contribution in [0.1, 0.15) is 26.2 Å². The van der Waals surface area contributed by atoms with Gasteiger partial charge in [-0.1, -0.05) is 19.4 Å². The van der Waals surface area contributed by atoms with Gasteiger partial charge in [-0.05, 0) is 18.8 Å². The van der Waals surface area contributed by atoms with Crippen LogP contribution in [-0.2, 0) is 4.79 Å². The first-order chi connectivity index (χ1) is 5.22. The van der Waals surface area contributed by atoms with Gasteiger partial charge < -0.3 is 0 Å². The number of hydrogen-bond donors (Lipinski definition) is 0. The third-order valence-corrected chi connectivity index (χ3v) is 3.68. The Morgan fingerprint density at radius 1 is 1.73 bits per heavy atom. The molecule has 0 N–H and O–H groups in total. The number of Topliss-reactive ketones (excluding diaryl/α,β-unsaturated/α-hetero) is 1. The van der Waals surface area contributed by atoms with E-state index in [-0.39, 0.29) is 5.41 Å². The maximum Gasteiger partial charge on any atom is 0.146 e. The van der Waals surface area contributed by atoms with Gasteiger partial charge in [-0.3, -0.25) is 4.79 Å². The van der Waals surface area contributed by atoms with Crippen LogP contribution >= 0.6 is 0 Å². The third kappa shape index (κ3) is 0.597. The van der Waals surface area contributed by atoms with Crippen molar-refractivity contribution in [2.45, 2.75) is 26.2 Å². The first kappa shape index (κ1) is 7.08. The zero-order valence-electron chi connectivity index (χ0n) is 6.97. The van der Waals surface area contributed by atoms with Crippen molar-refractivity contribution in [3.05, 3.63) is 12.7 Å². The largest absolute Gasteiger partial charge is 0.298 e. The molecule has 3 atom stereocenters. The SMILES string of the molecule is C=C[C@]12CCC[C@H](C1=O)C2C. The fourth-order valence-electron chi connectivity index (χ4n) is 2.79. The van der Waals surface area contributed by atoms with Gasteiger partial charge in [0.15, 0.2) is 0 Å². The molecule has 0 aromatic carbocycles. The monoisotopic (exact) mass is 150 g/mol. The summed E-state index contributed by atoms with van der Waals surface area (Å²) in [7, 11) is 0. The molecule has 1 heteroatoms. The molecule has 0 heterocycles. The first-order valence-corrected chi connectivity index (χ1v) is 4.40. The number of hydrogen-bond acceptors (Lipinski definition) is 1. The molecule has 0 aromatic heterocycles. The molecule has 0 aliphatic heterocycles. The summed E-state index contributed by atoms with van der Waals surface area (Å²) in [6, 6.07) is 0. The van der Waals surface area contributed by atoms with Crippen LogP contribution in [0.3, 0.4) is 0 Å². The van der Waals surface area contributed by atoms with Crippen molar-refractivity contribution in [2.75, 3.05) is 0 Å². The summed E-state index contributed by atoms with van der Waals surface area (Å²) < 4.78 is 0. The molecule has 0 spiro atoms. The second-order valence-corrected chi connectivity index (χ2v) is 3.90. The number of allylic oxidation sites excluding steroid dienone is 1. The summed E-state index contributed by atoms with van der Waals surface area (Å²) in [6.45, 7) is 5.96. The summed E-state index contributed by atoms with van der Waals surface area (Å²) in [5, 5.41) is 0. The lowest BCUT2D eigenvalue weighted by Gasteiger charge is -2.54. The predicted molar refractivity (Wildman–Crippen MR) is 44.1 cm³/mol. The number of fused-ring (bicyclic) bond motifs is 2. The fraction of sp³-hybridized carbons (Fsp3) is 0.700. The fourth-order valence-corrected chi connectivity index (χ4v) is 2.79. The zero-order valence-corrected chi connectivity index (χ0v) is 6.97. The van der Waals surface area contributed by atoms with Gasteiger partial charge in [0.2, 0.25) is 0 Å². The van der Waals surface area contributed by atoms with Crippen molar-refractivity contribution in [3.8, 4) is 0 Å². The molecule has 0 aromatic rings. The second-order valence-electron chi connectivity index (χ2n) is 3.90. The molecule has 2 bridgehead atoms. The van der Waals surface area contributed by atoms with Crippen LogP contribution in [0, 0.1) is 17.3 Å². The van der Waals surface area contributed by atoms with Crippen molar-refractivity contribution in [3.63, 3.8) is 0 Å². The minimum absolute atomic E-state index is 0.0943. The molecule has 3 saturated carbocycles. The summed E-state index contributed by atoms with van der Waals surface area (Å²) in [5.74, 6) is 1.41. The quantitative estimate of drug-likeness (QED) is 0.523. The molecule has 0 saturated heterocycles. The first-order valence-electron chi connectivity index (χ1n) is 4.40. The van der Waals surface area contributed by atoms with Gasteiger partial charge in [0, 0.05) is 5.92 Å². The van der Waals surface area contributed by atoms with Crippen molar-refractivity contribution in [1.29, 1.82) is 0 Å². The highest BCUT2D eigenvalue weighted by Crippen LogP contribution is 2.57. The summed E-state index contributed by atoms with van der Waals surface area (Å²) in [5.41, 5.74) is -0.0943. The van der Waals surface area contributed by atoms with E-state index >= 15 is 0 Å². The maximum atomic E-state index is 11.5. The Labute approximate surface area is 67.5 Å². The van der Waals surface area contributed by atoms with Gasteiger partial charge in [-0.15, -0.1) is 6.58 Å². The smallest absolute Gasteiger partial charge is 0.146 e. The van der Waals surface area contributed by atoms with Crippen LogP contribution in [0.15, 0.2) is 12.7 Å². The summed E-state index contributed by atoms with van der Waals surface area (Å²) in [6.07, 6.45) is 5.27. The second kappa shape index (κ2) is 1.96. The van der Waals surface area contributed by atoms with E-state index in [2.05, 4.69) is 13.5 Å². The normalized spacial score (nSPS) is 48.3. The Bertz CT molecular complexity index is 219. The van der Waals surface area contributed by atoms with Crippen LogP contribution in [0.2, 0.25) is 0 Å². The molecule has 3 aliphatic carbocycles. The molecule has 3 fully saturated rings. The highest BCUT2D eigenvalue weighted by atomic mass is 16.1. The molecule has 3 aliphatic rings. The van der Waals surface area contributed by atoms with Crippen LogP contribution in [-0.4, -0.2) is 5.78 Å². The standard InChI is InChI=1S/C10H14O/c1-3-10-6-4-5-8(7(10)2)9(10)11/h3,7-8H,1,4-6H2,2H3/t7?,8-,10+/m0/s1. The molecule has 1 unspecified atom stereocenters. The number of rotatable bonds is 1. The lowest BCUT2D eigenvalue weighted by molar-refractivity contribution is -0.156. The van der Waals surface area contributed by atoms with E-state index in [0.717, 1.165) is 12.8 Å². The van der Waals surface area contributed by atoms with Crippen LogP contribution in [0.4, 0.5) is 0 Å². The Morgan fingerprint density at radius 3 is 2.82 bits per heavy atom. The maximum absolute atomic E-state index is 11.5. The molecule has 0 amide bonds. The van der Waals surface area contributed by atoms with Crippen molar-refractivity contribution >= 4 is 5.78 Å². The van der Waals surface area contributed by atoms with Gasteiger partial charge in [0.05, 0.1) is 5.41 Å². The molecular formula is C10H14O. The minimum Gasteiger partial charge on any atom is -0.298 e. The molecule has 60 valence electrons. The van der Waals surface area contributed by atoms with Crippen LogP contribution < -0.4 is 0 Å². The topological polar surface area (TPSA) is 17.1 Å². The van der Waals surface area contributed by atoms with E-state index in [1.165, 1.54) is 6.42 Å².